The molecule has 1 amide bonds. The number of hydrogen-bond acceptors (Lipinski definition) is 4. The number of rotatable bonds is 8. The molecule has 0 heterocycles. The molecule has 1 rings (SSSR count). The van der Waals surface area contributed by atoms with Crippen molar-refractivity contribution < 1.29 is 14.3 Å². The lowest BCUT2D eigenvalue weighted by Gasteiger charge is -2.22. The van der Waals surface area contributed by atoms with Gasteiger partial charge in [0.25, 0.3) is 0 Å². The SMILES string of the molecule is COCCCNC(=O)COCC1(N)CCCC1. The van der Waals surface area contributed by atoms with Crippen LogP contribution in [0.15, 0.2) is 0 Å². The molecule has 17 heavy (non-hydrogen) atoms. The predicted molar refractivity (Wildman–Crippen MR) is 65.7 cm³/mol. The Hall–Kier alpha value is -0.650. The van der Waals surface area contributed by atoms with Crippen molar-refractivity contribution in [3.63, 3.8) is 0 Å². The molecule has 0 spiro atoms. The summed E-state index contributed by atoms with van der Waals surface area (Å²) in [4.78, 5) is 11.4. The fraction of sp³-hybridized carbons (Fsp3) is 0.917. The predicted octanol–water partition coefficient (Wildman–Crippen LogP) is 0.427. The molecule has 0 aliphatic heterocycles. The first-order valence-corrected chi connectivity index (χ1v) is 6.28. The molecule has 3 N–H and O–H groups in total. The zero-order chi connectivity index (χ0) is 12.6. The first-order valence-electron chi connectivity index (χ1n) is 6.28. The van der Waals surface area contributed by atoms with Crippen LogP contribution in [-0.2, 0) is 14.3 Å². The van der Waals surface area contributed by atoms with E-state index in [0.717, 1.165) is 19.3 Å². The van der Waals surface area contributed by atoms with Gasteiger partial charge in [0.1, 0.15) is 6.61 Å². The van der Waals surface area contributed by atoms with E-state index in [0.29, 0.717) is 19.8 Å². The van der Waals surface area contributed by atoms with Crippen LogP contribution in [-0.4, -0.2) is 44.9 Å². The minimum Gasteiger partial charge on any atom is -0.385 e. The van der Waals surface area contributed by atoms with Gasteiger partial charge in [0, 0.05) is 25.8 Å². The van der Waals surface area contributed by atoms with E-state index in [1.807, 2.05) is 0 Å². The van der Waals surface area contributed by atoms with Crippen molar-refractivity contribution in [2.75, 3.05) is 33.5 Å². The topological polar surface area (TPSA) is 73.6 Å². The maximum absolute atomic E-state index is 11.4. The van der Waals surface area contributed by atoms with E-state index < -0.39 is 0 Å². The van der Waals surface area contributed by atoms with Crippen molar-refractivity contribution in [2.45, 2.75) is 37.6 Å². The summed E-state index contributed by atoms with van der Waals surface area (Å²) >= 11 is 0. The minimum atomic E-state index is -0.198. The highest BCUT2D eigenvalue weighted by molar-refractivity contribution is 5.77. The molecule has 0 radical (unpaired) electrons. The third-order valence-electron chi connectivity index (χ3n) is 3.07. The molecule has 0 atom stereocenters. The summed E-state index contributed by atoms with van der Waals surface area (Å²) in [7, 11) is 1.65. The smallest absolute Gasteiger partial charge is 0.246 e. The maximum atomic E-state index is 11.4. The van der Waals surface area contributed by atoms with Crippen LogP contribution in [0, 0.1) is 0 Å². The van der Waals surface area contributed by atoms with Gasteiger partial charge >= 0.3 is 0 Å². The molecular weight excluding hydrogens is 220 g/mol. The number of methoxy groups -OCH3 is 1. The number of hydrogen-bond donors (Lipinski definition) is 2. The van der Waals surface area contributed by atoms with Crippen molar-refractivity contribution in [3.05, 3.63) is 0 Å². The number of nitrogens with two attached hydrogens (primary N) is 1. The van der Waals surface area contributed by atoms with Gasteiger partial charge in [0.05, 0.1) is 6.61 Å². The highest BCUT2D eigenvalue weighted by Crippen LogP contribution is 2.27. The number of ether oxygens (including phenoxy) is 2. The fourth-order valence-electron chi connectivity index (χ4n) is 2.07. The zero-order valence-electron chi connectivity index (χ0n) is 10.7. The first-order chi connectivity index (χ1) is 8.16. The molecule has 1 aliphatic carbocycles. The van der Waals surface area contributed by atoms with Crippen LogP contribution in [0.5, 0.6) is 0 Å². The summed E-state index contributed by atoms with van der Waals surface area (Å²) in [5.41, 5.74) is 5.91. The van der Waals surface area contributed by atoms with Crippen LogP contribution in [0.25, 0.3) is 0 Å². The highest BCUT2D eigenvalue weighted by atomic mass is 16.5. The summed E-state index contributed by atoms with van der Waals surface area (Å²) < 4.78 is 10.3. The molecule has 5 nitrogen and oxygen atoms in total. The van der Waals surface area contributed by atoms with E-state index in [1.54, 1.807) is 7.11 Å². The quantitative estimate of drug-likeness (QED) is 0.607. The van der Waals surface area contributed by atoms with Gasteiger partial charge in [-0.05, 0) is 19.3 Å². The maximum Gasteiger partial charge on any atom is 0.246 e. The van der Waals surface area contributed by atoms with E-state index >= 15 is 0 Å². The van der Waals surface area contributed by atoms with Gasteiger partial charge in [-0.15, -0.1) is 0 Å². The number of carbonyl (C=O) groups excluding carboxylic acids is 1. The molecule has 0 unspecified atom stereocenters. The Morgan fingerprint density at radius 2 is 2.12 bits per heavy atom. The van der Waals surface area contributed by atoms with Gasteiger partial charge in [-0.25, -0.2) is 0 Å². The average Bonchev–Trinajstić information content (AvgIpc) is 2.72. The molecule has 1 aliphatic rings. The van der Waals surface area contributed by atoms with Crippen LogP contribution in [0.1, 0.15) is 32.1 Å². The Bertz CT molecular complexity index is 228. The second-order valence-electron chi connectivity index (χ2n) is 4.76. The fourth-order valence-corrected chi connectivity index (χ4v) is 2.07. The van der Waals surface area contributed by atoms with Crippen molar-refractivity contribution in [1.29, 1.82) is 0 Å². The monoisotopic (exact) mass is 244 g/mol. The number of carbonyl (C=O) groups is 1. The van der Waals surface area contributed by atoms with Crippen LogP contribution < -0.4 is 11.1 Å². The van der Waals surface area contributed by atoms with Crippen LogP contribution in [0.2, 0.25) is 0 Å². The van der Waals surface area contributed by atoms with E-state index in [4.69, 9.17) is 15.2 Å². The third-order valence-corrected chi connectivity index (χ3v) is 3.07. The van der Waals surface area contributed by atoms with Crippen molar-refractivity contribution in [1.82, 2.24) is 5.32 Å². The second-order valence-corrected chi connectivity index (χ2v) is 4.76. The molecule has 1 saturated carbocycles. The summed E-state index contributed by atoms with van der Waals surface area (Å²) in [5, 5.41) is 2.77. The normalized spacial score (nSPS) is 18.2. The molecule has 0 bridgehead atoms. The third kappa shape index (κ3) is 6.00. The van der Waals surface area contributed by atoms with Crippen molar-refractivity contribution in [3.8, 4) is 0 Å². The van der Waals surface area contributed by atoms with Gasteiger partial charge in [-0.1, -0.05) is 12.8 Å². The standard InChI is InChI=1S/C12H24N2O3/c1-16-8-4-7-14-11(15)9-17-10-12(13)5-2-3-6-12/h2-10,13H2,1H3,(H,14,15). The van der Waals surface area contributed by atoms with Crippen LogP contribution in [0.4, 0.5) is 0 Å². The van der Waals surface area contributed by atoms with E-state index in [1.165, 1.54) is 12.8 Å². The molecule has 0 aromatic rings. The Morgan fingerprint density at radius 1 is 1.41 bits per heavy atom. The van der Waals surface area contributed by atoms with Gasteiger partial charge < -0.3 is 20.5 Å². The largest absolute Gasteiger partial charge is 0.385 e. The lowest BCUT2D eigenvalue weighted by atomic mass is 10.0. The molecule has 0 aromatic carbocycles. The first kappa shape index (κ1) is 14.4. The number of nitrogens with one attached hydrogen (secondary N) is 1. The molecule has 0 saturated heterocycles. The average molecular weight is 244 g/mol. The molecular formula is C12H24N2O3. The zero-order valence-corrected chi connectivity index (χ0v) is 10.7. The lowest BCUT2D eigenvalue weighted by Crippen LogP contribution is -2.42. The molecule has 5 heteroatoms. The van der Waals surface area contributed by atoms with Crippen molar-refractivity contribution >= 4 is 5.91 Å². The Kier molecular flexibility index (Phi) is 6.47. The van der Waals surface area contributed by atoms with Gasteiger partial charge in [0.15, 0.2) is 0 Å². The Morgan fingerprint density at radius 3 is 2.76 bits per heavy atom. The summed E-state index contributed by atoms with van der Waals surface area (Å²) in [6.45, 7) is 1.88. The second kappa shape index (κ2) is 7.63. The molecule has 1 fully saturated rings. The summed E-state index contributed by atoms with van der Waals surface area (Å²) in [5.74, 6) is -0.0808. The Balaban J connectivity index is 2.00. The van der Waals surface area contributed by atoms with Gasteiger partial charge in [0.2, 0.25) is 5.91 Å². The molecule has 100 valence electrons. The van der Waals surface area contributed by atoms with E-state index in [-0.39, 0.29) is 18.1 Å². The highest BCUT2D eigenvalue weighted by Gasteiger charge is 2.29. The van der Waals surface area contributed by atoms with E-state index in [9.17, 15) is 4.79 Å². The van der Waals surface area contributed by atoms with Gasteiger partial charge in [-0.3, -0.25) is 4.79 Å². The van der Waals surface area contributed by atoms with Crippen molar-refractivity contribution in [2.24, 2.45) is 5.73 Å². The lowest BCUT2D eigenvalue weighted by molar-refractivity contribution is -0.126. The summed E-state index contributed by atoms with van der Waals surface area (Å²) in [6, 6.07) is 0. The Labute approximate surface area is 103 Å². The molecule has 0 aromatic heterocycles. The number of amides is 1. The van der Waals surface area contributed by atoms with Crippen LogP contribution in [0.3, 0.4) is 0 Å². The van der Waals surface area contributed by atoms with Gasteiger partial charge in [-0.2, -0.15) is 0 Å². The minimum absolute atomic E-state index is 0.0808. The van der Waals surface area contributed by atoms with Crippen LogP contribution >= 0.6 is 0 Å². The van der Waals surface area contributed by atoms with E-state index in [2.05, 4.69) is 5.32 Å². The summed E-state index contributed by atoms with van der Waals surface area (Å²) in [6.07, 6.45) is 5.17.